The standard InChI is InChI=1S/C16H14N2O5/c1-23-18-15(20)10-5-2-4-9(8-10)14(19)11-6-3-7-12(13(11)17)16(21)22/h2-8H,17H2,1H3,(H,18,20)(H,21,22). The first-order valence-corrected chi connectivity index (χ1v) is 6.55. The summed E-state index contributed by atoms with van der Waals surface area (Å²) >= 11 is 0. The Balaban J connectivity index is 2.42. The monoisotopic (exact) mass is 314 g/mol. The number of nitrogens with one attached hydrogen (secondary N) is 1. The number of carbonyl (C=O) groups is 3. The summed E-state index contributed by atoms with van der Waals surface area (Å²) in [4.78, 5) is 39.9. The quantitative estimate of drug-likeness (QED) is 0.437. The Labute approximate surface area is 131 Å². The number of aromatic carboxylic acids is 1. The third-order valence-electron chi connectivity index (χ3n) is 3.16. The predicted octanol–water partition coefficient (Wildman–Crippen LogP) is 1.49. The molecular formula is C16H14N2O5. The third kappa shape index (κ3) is 3.35. The van der Waals surface area contributed by atoms with Gasteiger partial charge in [-0.05, 0) is 24.3 Å². The fourth-order valence-corrected chi connectivity index (χ4v) is 2.06. The van der Waals surface area contributed by atoms with E-state index in [1.807, 2.05) is 0 Å². The molecule has 0 unspecified atom stereocenters. The molecule has 7 nitrogen and oxygen atoms in total. The van der Waals surface area contributed by atoms with Crippen LogP contribution in [0.15, 0.2) is 42.5 Å². The Morgan fingerprint density at radius 1 is 1.04 bits per heavy atom. The van der Waals surface area contributed by atoms with Crippen LogP contribution >= 0.6 is 0 Å². The first-order valence-electron chi connectivity index (χ1n) is 6.55. The highest BCUT2D eigenvalue weighted by Gasteiger charge is 2.18. The van der Waals surface area contributed by atoms with Crippen molar-refractivity contribution in [2.45, 2.75) is 0 Å². The number of carboxylic acids is 1. The molecule has 7 heteroatoms. The molecule has 0 fully saturated rings. The molecule has 0 bridgehead atoms. The highest BCUT2D eigenvalue weighted by atomic mass is 16.6. The largest absolute Gasteiger partial charge is 0.478 e. The minimum Gasteiger partial charge on any atom is -0.478 e. The van der Waals surface area contributed by atoms with Crippen LogP contribution in [0.25, 0.3) is 0 Å². The Bertz CT molecular complexity index is 786. The Morgan fingerprint density at radius 3 is 2.30 bits per heavy atom. The molecule has 2 rings (SSSR count). The van der Waals surface area contributed by atoms with E-state index in [2.05, 4.69) is 10.3 Å². The lowest BCUT2D eigenvalue weighted by molar-refractivity contribution is 0.0537. The molecule has 0 aliphatic heterocycles. The highest BCUT2D eigenvalue weighted by Crippen LogP contribution is 2.21. The molecule has 2 aromatic carbocycles. The molecule has 0 heterocycles. The average Bonchev–Trinajstić information content (AvgIpc) is 2.54. The van der Waals surface area contributed by atoms with Gasteiger partial charge in [-0.25, -0.2) is 10.3 Å². The van der Waals surface area contributed by atoms with E-state index in [0.717, 1.165) is 0 Å². The van der Waals surface area contributed by atoms with Gasteiger partial charge in [0.1, 0.15) is 0 Å². The van der Waals surface area contributed by atoms with E-state index in [0.29, 0.717) is 0 Å². The van der Waals surface area contributed by atoms with Crippen LogP contribution in [0.4, 0.5) is 5.69 Å². The molecule has 23 heavy (non-hydrogen) atoms. The van der Waals surface area contributed by atoms with Crippen molar-refractivity contribution >= 4 is 23.3 Å². The zero-order valence-corrected chi connectivity index (χ0v) is 12.2. The molecule has 118 valence electrons. The number of amides is 1. The summed E-state index contributed by atoms with van der Waals surface area (Å²) in [5, 5.41) is 9.06. The number of nitrogens with two attached hydrogens (primary N) is 1. The van der Waals surface area contributed by atoms with Gasteiger partial charge in [0.25, 0.3) is 5.91 Å². The minimum atomic E-state index is -1.22. The zero-order valence-electron chi connectivity index (χ0n) is 12.2. The number of hydrogen-bond donors (Lipinski definition) is 3. The van der Waals surface area contributed by atoms with Gasteiger partial charge < -0.3 is 10.8 Å². The lowest BCUT2D eigenvalue weighted by atomic mass is 9.97. The van der Waals surface area contributed by atoms with Gasteiger partial charge >= 0.3 is 5.97 Å². The minimum absolute atomic E-state index is 0.0641. The van der Waals surface area contributed by atoms with Crippen LogP contribution in [-0.4, -0.2) is 29.9 Å². The molecular weight excluding hydrogens is 300 g/mol. The molecule has 1 amide bonds. The summed E-state index contributed by atoms with van der Waals surface area (Å²) in [5.74, 6) is -2.20. The van der Waals surface area contributed by atoms with Gasteiger partial charge in [0.15, 0.2) is 5.78 Å². The molecule has 0 aromatic heterocycles. The molecule has 4 N–H and O–H groups in total. The van der Waals surface area contributed by atoms with Crippen molar-refractivity contribution in [3.05, 3.63) is 64.7 Å². The van der Waals surface area contributed by atoms with Crippen LogP contribution in [0.2, 0.25) is 0 Å². The van der Waals surface area contributed by atoms with Crippen molar-refractivity contribution in [1.29, 1.82) is 0 Å². The Morgan fingerprint density at radius 2 is 1.65 bits per heavy atom. The lowest BCUT2D eigenvalue weighted by Gasteiger charge is -2.09. The van der Waals surface area contributed by atoms with E-state index in [9.17, 15) is 14.4 Å². The maximum absolute atomic E-state index is 12.5. The van der Waals surface area contributed by atoms with Crippen molar-refractivity contribution < 1.29 is 24.3 Å². The van der Waals surface area contributed by atoms with Crippen molar-refractivity contribution in [2.24, 2.45) is 0 Å². The summed E-state index contributed by atoms with van der Waals surface area (Å²) in [6, 6.07) is 10.1. The van der Waals surface area contributed by atoms with Crippen LogP contribution in [0.3, 0.4) is 0 Å². The number of carbonyl (C=O) groups excluding carboxylic acids is 2. The van der Waals surface area contributed by atoms with E-state index in [-0.39, 0.29) is 27.9 Å². The van der Waals surface area contributed by atoms with Gasteiger partial charge in [0, 0.05) is 16.7 Å². The number of hydroxylamine groups is 1. The summed E-state index contributed by atoms with van der Waals surface area (Å²) in [6.07, 6.45) is 0. The summed E-state index contributed by atoms with van der Waals surface area (Å²) in [6.45, 7) is 0. The first-order chi connectivity index (χ1) is 11.0. The molecule has 2 aromatic rings. The van der Waals surface area contributed by atoms with Gasteiger partial charge in [0.2, 0.25) is 0 Å². The van der Waals surface area contributed by atoms with Gasteiger partial charge in [-0.15, -0.1) is 0 Å². The normalized spacial score (nSPS) is 10.1. The van der Waals surface area contributed by atoms with Crippen LogP contribution in [0.5, 0.6) is 0 Å². The molecule has 0 aliphatic carbocycles. The fourth-order valence-electron chi connectivity index (χ4n) is 2.06. The second kappa shape index (κ2) is 6.71. The van der Waals surface area contributed by atoms with Crippen molar-refractivity contribution in [1.82, 2.24) is 5.48 Å². The number of hydrogen-bond acceptors (Lipinski definition) is 5. The van der Waals surface area contributed by atoms with Gasteiger partial charge in [-0.3, -0.25) is 14.4 Å². The summed E-state index contributed by atoms with van der Waals surface area (Å²) in [5.41, 5.74) is 8.16. The van der Waals surface area contributed by atoms with Crippen LogP contribution in [0.1, 0.15) is 36.6 Å². The maximum Gasteiger partial charge on any atom is 0.337 e. The van der Waals surface area contributed by atoms with Gasteiger partial charge in [0.05, 0.1) is 18.4 Å². The number of ketones is 1. The second-order valence-electron chi connectivity index (χ2n) is 4.62. The number of rotatable bonds is 5. The zero-order chi connectivity index (χ0) is 17.0. The van der Waals surface area contributed by atoms with E-state index in [4.69, 9.17) is 10.8 Å². The van der Waals surface area contributed by atoms with Crippen molar-refractivity contribution in [2.75, 3.05) is 12.8 Å². The molecule has 0 aliphatic rings. The molecule has 0 spiro atoms. The number of nitrogen functional groups attached to an aromatic ring is 1. The van der Waals surface area contributed by atoms with E-state index in [1.165, 1.54) is 49.6 Å². The molecule has 0 saturated carbocycles. The van der Waals surface area contributed by atoms with Crippen molar-refractivity contribution in [3.63, 3.8) is 0 Å². The van der Waals surface area contributed by atoms with Crippen LogP contribution in [-0.2, 0) is 4.84 Å². The SMILES string of the molecule is CONC(=O)c1cccc(C(=O)c2cccc(C(=O)O)c2N)c1. The second-order valence-corrected chi connectivity index (χ2v) is 4.62. The predicted molar refractivity (Wildman–Crippen MR) is 82.2 cm³/mol. The Kier molecular flexibility index (Phi) is 4.72. The molecule has 0 radical (unpaired) electrons. The fraction of sp³-hybridized carbons (Fsp3) is 0.0625. The number of carboxylic acid groups (broad SMARTS) is 1. The lowest BCUT2D eigenvalue weighted by Crippen LogP contribution is -2.22. The average molecular weight is 314 g/mol. The Hall–Kier alpha value is -3.19. The van der Waals surface area contributed by atoms with Crippen LogP contribution in [0, 0.1) is 0 Å². The van der Waals surface area contributed by atoms with Crippen LogP contribution < -0.4 is 11.2 Å². The van der Waals surface area contributed by atoms with Gasteiger partial charge in [-0.2, -0.15) is 0 Å². The third-order valence-corrected chi connectivity index (χ3v) is 3.16. The van der Waals surface area contributed by atoms with E-state index >= 15 is 0 Å². The van der Waals surface area contributed by atoms with Gasteiger partial charge in [-0.1, -0.05) is 18.2 Å². The number of benzene rings is 2. The molecule has 0 saturated heterocycles. The smallest absolute Gasteiger partial charge is 0.337 e. The topological polar surface area (TPSA) is 119 Å². The van der Waals surface area contributed by atoms with E-state index in [1.54, 1.807) is 0 Å². The number of anilines is 1. The maximum atomic E-state index is 12.5. The summed E-state index contributed by atoms with van der Waals surface area (Å²) < 4.78 is 0. The number of para-hydroxylation sites is 1. The highest BCUT2D eigenvalue weighted by molar-refractivity contribution is 6.15. The molecule has 0 atom stereocenters. The van der Waals surface area contributed by atoms with E-state index < -0.39 is 17.7 Å². The van der Waals surface area contributed by atoms with Crippen molar-refractivity contribution in [3.8, 4) is 0 Å². The first kappa shape index (κ1) is 16.2. The summed E-state index contributed by atoms with van der Waals surface area (Å²) in [7, 11) is 1.30.